The molecule has 0 spiro atoms. The van der Waals surface area contributed by atoms with Crippen LogP contribution >= 0.6 is 11.3 Å². The lowest BCUT2D eigenvalue weighted by atomic mass is 10.1. The molecule has 3 aromatic rings. The maximum absolute atomic E-state index is 12.6. The van der Waals surface area contributed by atoms with E-state index in [4.69, 9.17) is 5.11 Å². The predicted molar refractivity (Wildman–Crippen MR) is 111 cm³/mol. The largest absolute Gasteiger partial charge is 0.534 e. The van der Waals surface area contributed by atoms with Gasteiger partial charge in [0, 0.05) is 10.8 Å². The molecular formula is C18H14F3NO7S3. The highest BCUT2D eigenvalue weighted by molar-refractivity contribution is 7.92. The molecule has 0 amide bonds. The fourth-order valence-electron chi connectivity index (χ4n) is 2.72. The van der Waals surface area contributed by atoms with Crippen LogP contribution in [0.3, 0.4) is 0 Å². The number of hydrogen-bond acceptors (Lipinski definition) is 7. The van der Waals surface area contributed by atoms with Crippen LogP contribution < -0.4 is 8.91 Å². The van der Waals surface area contributed by atoms with Gasteiger partial charge in [-0.2, -0.15) is 21.6 Å². The first kappa shape index (κ1) is 23.8. The first-order valence-electron chi connectivity index (χ1n) is 8.58. The van der Waals surface area contributed by atoms with Gasteiger partial charge in [0.2, 0.25) is 10.0 Å². The standard InChI is InChI=1S/C18H14F3NO7S3/c19-18(20,21)32(27,28)29-14-3-2-12(8-17(23)24)15(9-14)22-31(25,26)10-11-1-4-16-13(7-11)5-6-30-16/h1-7,9,22H,8,10H2,(H,23,24). The van der Waals surface area contributed by atoms with E-state index in [0.717, 1.165) is 22.2 Å². The molecule has 0 radical (unpaired) electrons. The number of hydrogen-bond donors (Lipinski definition) is 2. The van der Waals surface area contributed by atoms with Gasteiger partial charge in [-0.1, -0.05) is 12.1 Å². The third-order valence-corrected chi connectivity index (χ3v) is 7.17. The summed E-state index contributed by atoms with van der Waals surface area (Å²) in [4.78, 5) is 11.1. The summed E-state index contributed by atoms with van der Waals surface area (Å²) >= 11 is 1.47. The molecule has 2 N–H and O–H groups in total. The molecule has 14 heteroatoms. The summed E-state index contributed by atoms with van der Waals surface area (Å²) in [6, 6.07) is 9.22. The molecule has 0 fully saturated rings. The quantitative estimate of drug-likeness (QED) is 0.350. The summed E-state index contributed by atoms with van der Waals surface area (Å²) in [5.41, 5.74) is -5.81. The monoisotopic (exact) mass is 509 g/mol. The minimum absolute atomic E-state index is 0.105. The van der Waals surface area contributed by atoms with Gasteiger partial charge in [-0.15, -0.1) is 11.3 Å². The van der Waals surface area contributed by atoms with Crippen LogP contribution in [0, 0.1) is 0 Å². The van der Waals surface area contributed by atoms with Gasteiger partial charge in [-0.3, -0.25) is 9.52 Å². The Morgan fingerprint density at radius 1 is 1.06 bits per heavy atom. The minimum Gasteiger partial charge on any atom is -0.481 e. The van der Waals surface area contributed by atoms with Crippen molar-refractivity contribution < 1.29 is 44.1 Å². The number of rotatable bonds is 8. The number of nitrogens with one attached hydrogen (secondary N) is 1. The lowest BCUT2D eigenvalue weighted by Gasteiger charge is -2.15. The van der Waals surface area contributed by atoms with Crippen LogP contribution in [0.25, 0.3) is 10.1 Å². The number of sulfonamides is 1. The Labute approximate surface area is 184 Å². The molecule has 0 bridgehead atoms. The maximum atomic E-state index is 12.6. The number of thiophene rings is 1. The summed E-state index contributed by atoms with van der Waals surface area (Å²) in [5.74, 6) is -2.70. The Bertz CT molecular complexity index is 1380. The SMILES string of the molecule is O=C(O)Cc1ccc(OS(=O)(=O)C(F)(F)F)cc1NS(=O)(=O)Cc1ccc2sccc2c1. The van der Waals surface area contributed by atoms with Crippen LogP contribution in [0.2, 0.25) is 0 Å². The zero-order chi connectivity index (χ0) is 23.7. The van der Waals surface area contributed by atoms with Crippen molar-refractivity contribution in [1.29, 1.82) is 0 Å². The Kier molecular flexibility index (Phi) is 6.40. The molecule has 0 saturated heterocycles. The number of alkyl halides is 3. The Hall–Kier alpha value is -2.84. The van der Waals surface area contributed by atoms with E-state index in [-0.39, 0.29) is 5.56 Å². The van der Waals surface area contributed by atoms with E-state index in [2.05, 4.69) is 8.91 Å². The molecule has 0 unspecified atom stereocenters. The second-order valence-electron chi connectivity index (χ2n) is 6.53. The summed E-state index contributed by atoms with van der Waals surface area (Å²) in [6.07, 6.45) is -0.676. The van der Waals surface area contributed by atoms with Gasteiger partial charge in [0.05, 0.1) is 17.9 Å². The van der Waals surface area contributed by atoms with E-state index >= 15 is 0 Å². The van der Waals surface area contributed by atoms with Crippen molar-refractivity contribution in [1.82, 2.24) is 0 Å². The number of aliphatic carboxylic acids is 1. The summed E-state index contributed by atoms with van der Waals surface area (Å²) in [6.45, 7) is 0. The Morgan fingerprint density at radius 3 is 2.44 bits per heavy atom. The maximum Gasteiger partial charge on any atom is 0.534 e. The average molecular weight is 510 g/mol. The van der Waals surface area contributed by atoms with Gasteiger partial charge in [0.25, 0.3) is 0 Å². The van der Waals surface area contributed by atoms with Crippen molar-refractivity contribution in [3.8, 4) is 5.75 Å². The summed E-state index contributed by atoms with van der Waals surface area (Å²) in [7, 11) is -10.2. The van der Waals surface area contributed by atoms with Crippen molar-refractivity contribution in [2.24, 2.45) is 0 Å². The van der Waals surface area contributed by atoms with E-state index in [1.54, 1.807) is 24.3 Å². The number of halogens is 3. The van der Waals surface area contributed by atoms with Crippen molar-refractivity contribution in [2.75, 3.05) is 4.72 Å². The van der Waals surface area contributed by atoms with Crippen molar-refractivity contribution in [3.05, 3.63) is 59.0 Å². The van der Waals surface area contributed by atoms with Gasteiger partial charge in [0.15, 0.2) is 0 Å². The van der Waals surface area contributed by atoms with Crippen molar-refractivity contribution in [2.45, 2.75) is 17.7 Å². The topological polar surface area (TPSA) is 127 Å². The average Bonchev–Trinajstić information content (AvgIpc) is 3.09. The zero-order valence-corrected chi connectivity index (χ0v) is 18.2. The zero-order valence-electron chi connectivity index (χ0n) is 15.8. The van der Waals surface area contributed by atoms with Crippen molar-refractivity contribution in [3.63, 3.8) is 0 Å². The fourth-order valence-corrected chi connectivity index (χ4v) is 5.16. The second-order valence-corrected chi connectivity index (χ2v) is 10.7. The molecule has 172 valence electrons. The van der Waals surface area contributed by atoms with E-state index in [1.807, 2.05) is 5.38 Å². The first-order valence-corrected chi connectivity index (χ1v) is 12.5. The van der Waals surface area contributed by atoms with Crippen LogP contribution in [0.15, 0.2) is 47.8 Å². The predicted octanol–water partition coefficient (Wildman–Crippen LogP) is 3.70. The highest BCUT2D eigenvalue weighted by Crippen LogP contribution is 2.31. The molecule has 32 heavy (non-hydrogen) atoms. The second kappa shape index (κ2) is 8.60. The van der Waals surface area contributed by atoms with Crippen molar-refractivity contribution >= 4 is 53.2 Å². The molecule has 0 saturated carbocycles. The number of carboxylic acid groups (broad SMARTS) is 1. The van der Waals surface area contributed by atoms with Crippen LogP contribution in [0.4, 0.5) is 18.9 Å². The summed E-state index contributed by atoms with van der Waals surface area (Å²) in [5, 5.41) is 11.7. The molecular weight excluding hydrogens is 495 g/mol. The summed E-state index contributed by atoms with van der Waals surface area (Å²) < 4.78 is 92.5. The smallest absolute Gasteiger partial charge is 0.481 e. The fraction of sp³-hybridized carbons (Fsp3) is 0.167. The number of benzene rings is 2. The third kappa shape index (κ3) is 5.69. The molecule has 0 aliphatic heterocycles. The van der Waals surface area contributed by atoms with Gasteiger partial charge >= 0.3 is 21.6 Å². The Balaban J connectivity index is 1.91. The van der Waals surface area contributed by atoms with Crippen LogP contribution in [0.1, 0.15) is 11.1 Å². The highest BCUT2D eigenvalue weighted by atomic mass is 32.2. The van der Waals surface area contributed by atoms with Crippen LogP contribution in [-0.2, 0) is 37.1 Å². The van der Waals surface area contributed by atoms with Crippen LogP contribution in [-0.4, -0.2) is 33.4 Å². The molecule has 0 aliphatic carbocycles. The van der Waals surface area contributed by atoms with Gasteiger partial charge in [0.1, 0.15) is 5.75 Å². The van der Waals surface area contributed by atoms with E-state index in [0.29, 0.717) is 11.6 Å². The lowest BCUT2D eigenvalue weighted by Crippen LogP contribution is -2.28. The van der Waals surface area contributed by atoms with E-state index < -0.39 is 55.2 Å². The first-order chi connectivity index (χ1) is 14.8. The molecule has 0 aliphatic rings. The normalized spacial score (nSPS) is 12.6. The van der Waals surface area contributed by atoms with Gasteiger partial charge < -0.3 is 9.29 Å². The minimum atomic E-state index is -6.00. The number of anilines is 1. The number of fused-ring (bicyclic) bond motifs is 1. The molecule has 1 heterocycles. The number of carboxylic acids is 1. The van der Waals surface area contributed by atoms with Gasteiger partial charge in [-0.25, -0.2) is 8.42 Å². The van der Waals surface area contributed by atoms with Gasteiger partial charge in [-0.05, 0) is 46.2 Å². The molecule has 1 aromatic heterocycles. The molecule has 2 aromatic carbocycles. The highest BCUT2D eigenvalue weighted by Gasteiger charge is 2.48. The van der Waals surface area contributed by atoms with Crippen LogP contribution in [0.5, 0.6) is 5.75 Å². The molecule has 0 atom stereocenters. The third-order valence-electron chi connectivity index (χ3n) is 4.05. The molecule has 3 rings (SSSR count). The molecule has 8 nitrogen and oxygen atoms in total. The Morgan fingerprint density at radius 2 is 1.78 bits per heavy atom. The van der Waals surface area contributed by atoms with E-state index in [9.17, 15) is 34.8 Å². The lowest BCUT2D eigenvalue weighted by molar-refractivity contribution is -0.136. The number of carbonyl (C=O) groups is 1. The van der Waals surface area contributed by atoms with E-state index in [1.165, 1.54) is 11.3 Å².